The zero-order valence-corrected chi connectivity index (χ0v) is 10.6. The zero-order valence-electron chi connectivity index (χ0n) is 10.6. The fourth-order valence-corrected chi connectivity index (χ4v) is 4.25. The van der Waals surface area contributed by atoms with E-state index in [1.807, 2.05) is 0 Å². The van der Waals surface area contributed by atoms with E-state index in [1.54, 1.807) is 0 Å². The summed E-state index contributed by atoms with van der Waals surface area (Å²) in [5.41, 5.74) is 0. The lowest BCUT2D eigenvalue weighted by Gasteiger charge is -2.31. The normalized spacial score (nSPS) is 44.8. The van der Waals surface area contributed by atoms with Crippen LogP contribution in [0.4, 0.5) is 0 Å². The monoisotopic (exact) mass is 222 g/mol. The molecule has 1 saturated carbocycles. The largest absolute Gasteiger partial charge is 0.314 e. The van der Waals surface area contributed by atoms with Crippen molar-refractivity contribution in [3.63, 3.8) is 0 Å². The molecule has 92 valence electrons. The van der Waals surface area contributed by atoms with Gasteiger partial charge in [-0.05, 0) is 56.9 Å². The molecule has 0 spiro atoms. The summed E-state index contributed by atoms with van der Waals surface area (Å²) in [4.78, 5) is 2.78. The molecule has 1 aliphatic carbocycles. The molecule has 3 rings (SSSR count). The van der Waals surface area contributed by atoms with Gasteiger partial charge in [0.05, 0.1) is 0 Å². The maximum absolute atomic E-state index is 3.56. The summed E-state index contributed by atoms with van der Waals surface area (Å²) in [6.45, 7) is 7.81. The highest BCUT2D eigenvalue weighted by Crippen LogP contribution is 2.38. The molecule has 0 aromatic rings. The maximum Gasteiger partial charge on any atom is 0.00418 e. The van der Waals surface area contributed by atoms with Crippen molar-refractivity contribution in [1.29, 1.82) is 0 Å². The third-order valence-electron chi connectivity index (χ3n) is 5.05. The number of nitrogens with one attached hydrogen (secondary N) is 1. The Hall–Kier alpha value is -0.0800. The van der Waals surface area contributed by atoms with Crippen molar-refractivity contribution in [3.8, 4) is 0 Å². The van der Waals surface area contributed by atoms with Gasteiger partial charge in [0.15, 0.2) is 0 Å². The lowest BCUT2D eigenvalue weighted by molar-refractivity contribution is 0.210. The van der Waals surface area contributed by atoms with Crippen molar-refractivity contribution in [2.24, 2.45) is 17.8 Å². The van der Waals surface area contributed by atoms with E-state index in [0.29, 0.717) is 0 Å². The van der Waals surface area contributed by atoms with Crippen LogP contribution < -0.4 is 5.32 Å². The molecule has 4 atom stereocenters. The summed E-state index contributed by atoms with van der Waals surface area (Å²) < 4.78 is 0. The predicted molar refractivity (Wildman–Crippen MR) is 67.5 cm³/mol. The molecule has 2 aliphatic heterocycles. The van der Waals surface area contributed by atoms with Crippen LogP contribution in [0.25, 0.3) is 0 Å². The highest BCUT2D eigenvalue weighted by atomic mass is 15.2. The number of hydrogen-bond acceptors (Lipinski definition) is 2. The average molecular weight is 222 g/mol. The zero-order chi connectivity index (χ0) is 11.0. The van der Waals surface area contributed by atoms with Gasteiger partial charge in [-0.25, -0.2) is 0 Å². The van der Waals surface area contributed by atoms with Gasteiger partial charge in [0.25, 0.3) is 0 Å². The number of likely N-dealkylation sites (tertiary alicyclic amines) is 1. The molecule has 0 radical (unpaired) electrons. The fraction of sp³-hybridized carbons (Fsp3) is 1.00. The Kier molecular flexibility index (Phi) is 3.21. The second-order valence-corrected chi connectivity index (χ2v) is 6.42. The van der Waals surface area contributed by atoms with E-state index in [0.717, 1.165) is 23.8 Å². The topological polar surface area (TPSA) is 15.3 Å². The van der Waals surface area contributed by atoms with Crippen LogP contribution in [0.3, 0.4) is 0 Å². The van der Waals surface area contributed by atoms with Crippen LogP contribution in [0.1, 0.15) is 39.0 Å². The Morgan fingerprint density at radius 3 is 2.56 bits per heavy atom. The van der Waals surface area contributed by atoms with Gasteiger partial charge in [0, 0.05) is 25.7 Å². The van der Waals surface area contributed by atoms with Crippen molar-refractivity contribution in [1.82, 2.24) is 10.2 Å². The summed E-state index contributed by atoms with van der Waals surface area (Å²) in [6.07, 6.45) is 7.34. The number of rotatable bonds is 2. The number of nitrogens with zero attached hydrogens (tertiary/aromatic N) is 1. The number of piperidine rings is 1. The van der Waals surface area contributed by atoms with Crippen LogP contribution >= 0.6 is 0 Å². The molecule has 2 heteroatoms. The third kappa shape index (κ3) is 2.28. The van der Waals surface area contributed by atoms with Crippen LogP contribution in [-0.2, 0) is 0 Å². The van der Waals surface area contributed by atoms with Gasteiger partial charge >= 0.3 is 0 Å². The molecule has 3 aliphatic rings. The maximum atomic E-state index is 3.56. The lowest BCUT2D eigenvalue weighted by atomic mass is 9.93. The third-order valence-corrected chi connectivity index (χ3v) is 5.05. The van der Waals surface area contributed by atoms with Crippen LogP contribution in [-0.4, -0.2) is 37.1 Å². The Morgan fingerprint density at radius 1 is 1.12 bits per heavy atom. The van der Waals surface area contributed by atoms with E-state index >= 15 is 0 Å². The molecule has 3 fully saturated rings. The highest BCUT2D eigenvalue weighted by molar-refractivity contribution is 4.89. The fourth-order valence-electron chi connectivity index (χ4n) is 4.25. The molecular weight excluding hydrogens is 196 g/mol. The molecule has 0 amide bonds. The van der Waals surface area contributed by atoms with Crippen molar-refractivity contribution < 1.29 is 0 Å². The summed E-state index contributed by atoms with van der Waals surface area (Å²) in [7, 11) is 0. The van der Waals surface area contributed by atoms with Crippen LogP contribution in [0, 0.1) is 17.8 Å². The molecule has 2 nitrogen and oxygen atoms in total. The van der Waals surface area contributed by atoms with Crippen molar-refractivity contribution in [2.45, 2.75) is 45.1 Å². The first-order chi connectivity index (χ1) is 7.81. The van der Waals surface area contributed by atoms with Crippen LogP contribution in [0.5, 0.6) is 0 Å². The highest BCUT2D eigenvalue weighted by Gasteiger charge is 2.36. The summed E-state index contributed by atoms with van der Waals surface area (Å²) in [6, 6.07) is 0.751. The molecule has 16 heavy (non-hydrogen) atoms. The van der Waals surface area contributed by atoms with Crippen LogP contribution in [0.2, 0.25) is 0 Å². The van der Waals surface area contributed by atoms with Gasteiger partial charge in [0.2, 0.25) is 0 Å². The molecular formula is C14H26N2. The van der Waals surface area contributed by atoms with E-state index < -0.39 is 0 Å². The standard InChI is InChI=1S/C14H26N2/c1-11-7-12(5-6-15-11)8-16-9-13-3-2-4-14(13)10-16/h11-15H,2-10H2,1H3. The first-order valence-electron chi connectivity index (χ1n) is 7.27. The summed E-state index contributed by atoms with van der Waals surface area (Å²) in [5, 5.41) is 3.56. The minimum atomic E-state index is 0.751. The van der Waals surface area contributed by atoms with Crippen molar-refractivity contribution >= 4 is 0 Å². The Labute approximate surface area is 99.8 Å². The molecule has 0 aromatic heterocycles. The van der Waals surface area contributed by atoms with Crippen molar-refractivity contribution in [3.05, 3.63) is 0 Å². The van der Waals surface area contributed by atoms with Gasteiger partial charge in [-0.2, -0.15) is 0 Å². The number of hydrogen-bond donors (Lipinski definition) is 1. The molecule has 0 bridgehead atoms. The van der Waals surface area contributed by atoms with Gasteiger partial charge < -0.3 is 10.2 Å². The second kappa shape index (κ2) is 4.66. The molecule has 4 unspecified atom stereocenters. The van der Waals surface area contributed by atoms with E-state index in [-0.39, 0.29) is 0 Å². The first-order valence-corrected chi connectivity index (χ1v) is 7.27. The summed E-state index contributed by atoms with van der Waals surface area (Å²) in [5.74, 6) is 3.10. The Morgan fingerprint density at radius 2 is 1.88 bits per heavy atom. The average Bonchev–Trinajstić information content (AvgIpc) is 2.77. The molecule has 0 aromatic carbocycles. The van der Waals surface area contributed by atoms with Crippen LogP contribution in [0.15, 0.2) is 0 Å². The smallest absolute Gasteiger partial charge is 0.00418 e. The van der Waals surface area contributed by atoms with Crippen molar-refractivity contribution in [2.75, 3.05) is 26.2 Å². The Bertz CT molecular complexity index is 229. The summed E-state index contributed by atoms with van der Waals surface area (Å²) >= 11 is 0. The quantitative estimate of drug-likeness (QED) is 0.770. The Balaban J connectivity index is 1.48. The second-order valence-electron chi connectivity index (χ2n) is 6.42. The lowest BCUT2D eigenvalue weighted by Crippen LogP contribution is -2.40. The van der Waals surface area contributed by atoms with Gasteiger partial charge in [0.1, 0.15) is 0 Å². The van der Waals surface area contributed by atoms with E-state index in [9.17, 15) is 0 Å². The SMILES string of the molecule is CC1CC(CN2CC3CCCC3C2)CCN1. The minimum absolute atomic E-state index is 0.751. The molecule has 2 heterocycles. The van der Waals surface area contributed by atoms with E-state index in [1.165, 1.54) is 58.3 Å². The van der Waals surface area contributed by atoms with Gasteiger partial charge in [-0.3, -0.25) is 0 Å². The van der Waals surface area contributed by atoms with Gasteiger partial charge in [-0.15, -0.1) is 0 Å². The molecule has 1 N–H and O–H groups in total. The van der Waals surface area contributed by atoms with Gasteiger partial charge in [-0.1, -0.05) is 6.42 Å². The minimum Gasteiger partial charge on any atom is -0.314 e. The molecule has 2 saturated heterocycles. The first kappa shape index (κ1) is 11.0. The van der Waals surface area contributed by atoms with E-state index in [4.69, 9.17) is 0 Å². The van der Waals surface area contributed by atoms with E-state index in [2.05, 4.69) is 17.1 Å². The number of fused-ring (bicyclic) bond motifs is 1. The predicted octanol–water partition coefficient (Wildman–Crippen LogP) is 2.11.